The van der Waals surface area contributed by atoms with Crippen LogP contribution in [-0.4, -0.2) is 68.4 Å². The number of aliphatic carboxylic acids is 1. The maximum absolute atomic E-state index is 12.8. The van der Waals surface area contributed by atoms with Crippen molar-refractivity contribution in [2.24, 2.45) is 0 Å². The molecule has 0 bridgehead atoms. The van der Waals surface area contributed by atoms with Gasteiger partial charge >= 0.3 is 5.97 Å². The van der Waals surface area contributed by atoms with Gasteiger partial charge in [0.15, 0.2) is 0 Å². The summed E-state index contributed by atoms with van der Waals surface area (Å²) >= 11 is 0. The standard InChI is InChI=1S/C15H20N2O6S/c1-16(2)14(18)11-9-10(6-7-13(11)23-3)24(21,22)17-8-4-5-12(17)15(19)20/h6-7,9,12H,4-5,8H2,1-3H3,(H,19,20)/t12-/m1/s1. The van der Waals surface area contributed by atoms with Crippen LogP contribution in [0.15, 0.2) is 23.1 Å². The Kier molecular flexibility index (Phi) is 5.14. The van der Waals surface area contributed by atoms with Crippen LogP contribution in [0, 0.1) is 0 Å². The van der Waals surface area contributed by atoms with Crippen LogP contribution in [0.2, 0.25) is 0 Å². The highest BCUT2D eigenvalue weighted by atomic mass is 32.2. The zero-order chi connectivity index (χ0) is 18.1. The van der Waals surface area contributed by atoms with E-state index in [2.05, 4.69) is 0 Å². The summed E-state index contributed by atoms with van der Waals surface area (Å²) in [7, 11) is 0.463. The lowest BCUT2D eigenvalue weighted by Crippen LogP contribution is -2.40. The first-order chi connectivity index (χ1) is 11.2. The molecule has 0 saturated carbocycles. The summed E-state index contributed by atoms with van der Waals surface area (Å²) in [6.07, 6.45) is 0.754. The third-order valence-electron chi connectivity index (χ3n) is 3.90. The molecular formula is C15H20N2O6S. The fourth-order valence-corrected chi connectivity index (χ4v) is 4.34. The molecule has 1 N–H and O–H groups in total. The van der Waals surface area contributed by atoms with Gasteiger partial charge in [-0.3, -0.25) is 9.59 Å². The van der Waals surface area contributed by atoms with Crippen LogP contribution in [-0.2, 0) is 14.8 Å². The minimum Gasteiger partial charge on any atom is -0.496 e. The summed E-state index contributed by atoms with van der Waals surface area (Å²) in [5, 5.41) is 9.20. The molecule has 1 heterocycles. The lowest BCUT2D eigenvalue weighted by molar-refractivity contribution is -0.140. The fourth-order valence-electron chi connectivity index (χ4n) is 2.67. The summed E-state index contributed by atoms with van der Waals surface area (Å²) in [6, 6.07) is 2.87. The number of ether oxygens (including phenoxy) is 1. The molecule has 0 unspecified atom stereocenters. The largest absolute Gasteiger partial charge is 0.496 e. The molecule has 2 rings (SSSR count). The molecule has 1 amide bonds. The number of carboxylic acids is 1. The lowest BCUT2D eigenvalue weighted by Gasteiger charge is -2.22. The second kappa shape index (κ2) is 6.78. The van der Waals surface area contributed by atoms with Crippen molar-refractivity contribution in [2.45, 2.75) is 23.8 Å². The van der Waals surface area contributed by atoms with E-state index in [9.17, 15) is 23.1 Å². The molecule has 1 saturated heterocycles. The highest BCUT2D eigenvalue weighted by Crippen LogP contribution is 2.29. The minimum atomic E-state index is -4.01. The predicted molar refractivity (Wildman–Crippen MR) is 85.6 cm³/mol. The average molecular weight is 356 g/mol. The van der Waals surface area contributed by atoms with Crippen molar-refractivity contribution >= 4 is 21.9 Å². The van der Waals surface area contributed by atoms with E-state index in [0.29, 0.717) is 6.42 Å². The number of methoxy groups -OCH3 is 1. The van der Waals surface area contributed by atoms with Crippen molar-refractivity contribution in [3.05, 3.63) is 23.8 Å². The Hall–Kier alpha value is -2.13. The van der Waals surface area contributed by atoms with Gasteiger partial charge in [-0.1, -0.05) is 0 Å². The Morgan fingerprint density at radius 3 is 2.54 bits per heavy atom. The number of sulfonamides is 1. The van der Waals surface area contributed by atoms with Gasteiger partial charge in [0, 0.05) is 20.6 Å². The molecule has 0 aromatic heterocycles. The van der Waals surface area contributed by atoms with Crippen molar-refractivity contribution in [3.8, 4) is 5.75 Å². The molecule has 8 nitrogen and oxygen atoms in total. The monoisotopic (exact) mass is 356 g/mol. The van der Waals surface area contributed by atoms with Gasteiger partial charge in [-0.05, 0) is 31.0 Å². The molecule has 1 aromatic rings. The summed E-state index contributed by atoms with van der Waals surface area (Å²) < 4.78 is 31.7. The SMILES string of the molecule is COc1ccc(S(=O)(=O)N2CCC[C@@H]2C(=O)O)cc1C(=O)N(C)C. The van der Waals surface area contributed by atoms with Crippen LogP contribution in [0.1, 0.15) is 23.2 Å². The first kappa shape index (κ1) is 18.2. The molecule has 0 spiro atoms. The number of carbonyl (C=O) groups is 2. The zero-order valence-corrected chi connectivity index (χ0v) is 14.5. The van der Waals surface area contributed by atoms with E-state index >= 15 is 0 Å². The van der Waals surface area contributed by atoms with E-state index in [4.69, 9.17) is 4.74 Å². The highest BCUT2D eigenvalue weighted by molar-refractivity contribution is 7.89. The molecular weight excluding hydrogens is 336 g/mol. The van der Waals surface area contributed by atoms with Crippen molar-refractivity contribution in [1.82, 2.24) is 9.21 Å². The van der Waals surface area contributed by atoms with Gasteiger partial charge in [0.25, 0.3) is 5.91 Å². The van der Waals surface area contributed by atoms with E-state index in [1.54, 1.807) is 14.1 Å². The molecule has 1 aliphatic heterocycles. The number of benzene rings is 1. The maximum Gasteiger partial charge on any atom is 0.322 e. The Balaban J connectivity index is 2.50. The van der Waals surface area contributed by atoms with Crippen molar-refractivity contribution in [1.29, 1.82) is 0 Å². The van der Waals surface area contributed by atoms with Crippen molar-refractivity contribution < 1.29 is 27.9 Å². The zero-order valence-electron chi connectivity index (χ0n) is 13.7. The molecule has 0 radical (unpaired) electrons. The summed E-state index contributed by atoms with van der Waals surface area (Å²) in [5.74, 6) is -1.32. The van der Waals surface area contributed by atoms with E-state index in [0.717, 1.165) is 4.31 Å². The van der Waals surface area contributed by atoms with Crippen LogP contribution in [0.25, 0.3) is 0 Å². The van der Waals surface area contributed by atoms with Gasteiger partial charge in [-0.25, -0.2) is 8.42 Å². The topological polar surface area (TPSA) is 104 Å². The maximum atomic E-state index is 12.8. The normalized spacial score (nSPS) is 18.4. The van der Waals surface area contributed by atoms with Gasteiger partial charge in [0.2, 0.25) is 10.0 Å². The van der Waals surface area contributed by atoms with E-state index in [1.807, 2.05) is 0 Å². The van der Waals surface area contributed by atoms with Crippen LogP contribution in [0.4, 0.5) is 0 Å². The first-order valence-corrected chi connectivity index (χ1v) is 8.78. The van der Waals surface area contributed by atoms with Crippen molar-refractivity contribution in [2.75, 3.05) is 27.7 Å². The van der Waals surface area contributed by atoms with Crippen LogP contribution >= 0.6 is 0 Å². The Morgan fingerprint density at radius 2 is 2.00 bits per heavy atom. The number of carbonyl (C=O) groups excluding carboxylic acids is 1. The number of amides is 1. The number of nitrogens with zero attached hydrogens (tertiary/aromatic N) is 2. The molecule has 1 aromatic carbocycles. The fraction of sp³-hybridized carbons (Fsp3) is 0.467. The summed E-state index contributed by atoms with van der Waals surface area (Å²) in [4.78, 5) is 24.7. The van der Waals surface area contributed by atoms with Gasteiger partial charge in [-0.15, -0.1) is 0 Å². The quantitative estimate of drug-likeness (QED) is 0.830. The van der Waals surface area contributed by atoms with Gasteiger partial charge in [0.1, 0.15) is 11.8 Å². The van der Waals surface area contributed by atoms with Crippen molar-refractivity contribution in [3.63, 3.8) is 0 Å². The predicted octanol–water partition coefficient (Wildman–Crippen LogP) is 0.635. The van der Waals surface area contributed by atoms with E-state index < -0.39 is 27.9 Å². The average Bonchev–Trinajstić information content (AvgIpc) is 3.04. The minimum absolute atomic E-state index is 0.106. The third kappa shape index (κ3) is 3.22. The number of hydrogen-bond donors (Lipinski definition) is 1. The second-order valence-corrected chi connectivity index (χ2v) is 7.56. The summed E-state index contributed by atoms with van der Waals surface area (Å²) in [6.45, 7) is 0.141. The number of rotatable bonds is 5. The van der Waals surface area contributed by atoms with Gasteiger partial charge in [0.05, 0.1) is 17.6 Å². The molecule has 1 atom stereocenters. The van der Waals surface area contributed by atoms with Crippen LogP contribution < -0.4 is 4.74 Å². The Morgan fingerprint density at radius 1 is 1.33 bits per heavy atom. The smallest absolute Gasteiger partial charge is 0.322 e. The Bertz CT molecular complexity index is 759. The first-order valence-electron chi connectivity index (χ1n) is 7.34. The molecule has 0 aliphatic carbocycles. The third-order valence-corrected chi connectivity index (χ3v) is 5.81. The number of carboxylic acid groups (broad SMARTS) is 1. The highest BCUT2D eigenvalue weighted by Gasteiger charge is 2.39. The lowest BCUT2D eigenvalue weighted by atomic mass is 10.2. The van der Waals surface area contributed by atoms with Gasteiger partial charge < -0.3 is 14.7 Å². The van der Waals surface area contributed by atoms with E-state index in [1.165, 1.54) is 30.2 Å². The van der Waals surface area contributed by atoms with Gasteiger partial charge in [-0.2, -0.15) is 4.31 Å². The second-order valence-electron chi connectivity index (χ2n) is 5.67. The van der Waals surface area contributed by atoms with Crippen LogP contribution in [0.5, 0.6) is 5.75 Å². The van der Waals surface area contributed by atoms with Crippen LogP contribution in [0.3, 0.4) is 0 Å². The molecule has 24 heavy (non-hydrogen) atoms. The summed E-state index contributed by atoms with van der Waals surface area (Å²) in [5.41, 5.74) is 0.106. The van der Waals surface area contributed by atoms with E-state index in [-0.39, 0.29) is 29.2 Å². The molecule has 1 aliphatic rings. The number of hydrogen-bond acceptors (Lipinski definition) is 5. The molecule has 132 valence electrons. The molecule has 1 fully saturated rings. The Labute approximate surface area is 140 Å². The molecule has 9 heteroatoms.